The average Bonchev–Trinajstić information content (AvgIpc) is 2.87. The Bertz CT molecular complexity index is 525. The summed E-state index contributed by atoms with van der Waals surface area (Å²) in [5.74, 6) is -0.869. The summed E-state index contributed by atoms with van der Waals surface area (Å²) >= 11 is 1.26. The summed E-state index contributed by atoms with van der Waals surface area (Å²) in [6.45, 7) is 3.65. The standard InChI is InChI=1S/C13H14N2O2S/c1-2-15(8-10-3-5-14-6-4-10)11-7-12(13(16)17)18-9-11/h3-7,9H,2,8H2,1H3,(H,16,17). The molecule has 2 heterocycles. The van der Waals surface area contributed by atoms with E-state index in [1.165, 1.54) is 11.3 Å². The molecule has 0 amide bonds. The molecule has 2 aromatic rings. The lowest BCUT2D eigenvalue weighted by Gasteiger charge is -2.21. The Morgan fingerprint density at radius 2 is 2.17 bits per heavy atom. The van der Waals surface area contributed by atoms with E-state index in [9.17, 15) is 4.79 Å². The van der Waals surface area contributed by atoms with Crippen molar-refractivity contribution in [3.05, 3.63) is 46.4 Å². The Hall–Kier alpha value is -1.88. The van der Waals surface area contributed by atoms with E-state index in [4.69, 9.17) is 5.11 Å². The van der Waals surface area contributed by atoms with Crippen LogP contribution in [0.3, 0.4) is 0 Å². The molecule has 0 aliphatic carbocycles. The number of nitrogens with zero attached hydrogens (tertiary/aromatic N) is 2. The van der Waals surface area contributed by atoms with Crippen molar-refractivity contribution in [2.75, 3.05) is 11.4 Å². The molecule has 0 radical (unpaired) electrons. The van der Waals surface area contributed by atoms with Gasteiger partial charge in [0.1, 0.15) is 4.88 Å². The van der Waals surface area contributed by atoms with Gasteiger partial charge in [0, 0.05) is 36.6 Å². The largest absolute Gasteiger partial charge is 0.477 e. The van der Waals surface area contributed by atoms with Gasteiger partial charge in [-0.1, -0.05) is 0 Å². The van der Waals surface area contributed by atoms with Crippen molar-refractivity contribution in [1.29, 1.82) is 0 Å². The van der Waals surface area contributed by atoms with E-state index in [-0.39, 0.29) is 0 Å². The molecular formula is C13H14N2O2S. The molecule has 0 saturated carbocycles. The second kappa shape index (κ2) is 5.64. The predicted molar refractivity (Wildman–Crippen MR) is 72.2 cm³/mol. The quantitative estimate of drug-likeness (QED) is 0.900. The van der Waals surface area contributed by atoms with Gasteiger partial charge in [-0.2, -0.15) is 0 Å². The topological polar surface area (TPSA) is 53.4 Å². The molecule has 2 aromatic heterocycles. The van der Waals surface area contributed by atoms with Gasteiger partial charge >= 0.3 is 5.97 Å². The molecule has 18 heavy (non-hydrogen) atoms. The average molecular weight is 262 g/mol. The Morgan fingerprint density at radius 3 is 2.72 bits per heavy atom. The van der Waals surface area contributed by atoms with Crippen molar-refractivity contribution in [3.63, 3.8) is 0 Å². The van der Waals surface area contributed by atoms with Gasteiger partial charge in [0.15, 0.2) is 0 Å². The molecule has 0 aliphatic rings. The molecule has 94 valence electrons. The van der Waals surface area contributed by atoms with Crippen LogP contribution in [0, 0.1) is 0 Å². The molecule has 4 nitrogen and oxygen atoms in total. The number of anilines is 1. The van der Waals surface area contributed by atoms with Crippen LogP contribution in [0.1, 0.15) is 22.2 Å². The number of carbonyl (C=O) groups is 1. The molecule has 5 heteroatoms. The van der Waals surface area contributed by atoms with Gasteiger partial charge in [0.2, 0.25) is 0 Å². The predicted octanol–water partition coefficient (Wildman–Crippen LogP) is 2.87. The Balaban J connectivity index is 2.15. The monoisotopic (exact) mass is 262 g/mol. The molecule has 0 spiro atoms. The summed E-state index contributed by atoms with van der Waals surface area (Å²) in [6.07, 6.45) is 3.53. The highest BCUT2D eigenvalue weighted by Crippen LogP contribution is 2.24. The number of hydrogen-bond donors (Lipinski definition) is 1. The summed E-state index contributed by atoms with van der Waals surface area (Å²) in [5, 5.41) is 10.8. The minimum Gasteiger partial charge on any atom is -0.477 e. The number of aromatic nitrogens is 1. The molecular weight excluding hydrogens is 248 g/mol. The van der Waals surface area contributed by atoms with Crippen molar-refractivity contribution < 1.29 is 9.90 Å². The summed E-state index contributed by atoms with van der Waals surface area (Å²) < 4.78 is 0. The fourth-order valence-electron chi connectivity index (χ4n) is 1.70. The molecule has 0 aliphatic heterocycles. The lowest BCUT2D eigenvalue weighted by Crippen LogP contribution is -2.21. The van der Waals surface area contributed by atoms with E-state index in [1.807, 2.05) is 17.5 Å². The number of rotatable bonds is 5. The summed E-state index contributed by atoms with van der Waals surface area (Å²) in [6, 6.07) is 5.65. The fourth-order valence-corrected chi connectivity index (χ4v) is 2.45. The first-order chi connectivity index (χ1) is 8.70. The Labute approximate surface area is 110 Å². The van der Waals surface area contributed by atoms with Gasteiger partial charge < -0.3 is 10.0 Å². The van der Waals surface area contributed by atoms with Gasteiger partial charge in [0.05, 0.1) is 0 Å². The minimum atomic E-state index is -0.869. The van der Waals surface area contributed by atoms with E-state index in [0.29, 0.717) is 4.88 Å². The van der Waals surface area contributed by atoms with Crippen molar-refractivity contribution in [3.8, 4) is 0 Å². The summed E-state index contributed by atoms with van der Waals surface area (Å²) in [7, 11) is 0. The zero-order valence-corrected chi connectivity index (χ0v) is 10.9. The lowest BCUT2D eigenvalue weighted by molar-refractivity contribution is 0.0702. The van der Waals surface area contributed by atoms with Gasteiger partial charge in [-0.05, 0) is 30.7 Å². The summed E-state index contributed by atoms with van der Waals surface area (Å²) in [4.78, 5) is 17.4. The van der Waals surface area contributed by atoms with E-state index < -0.39 is 5.97 Å². The molecule has 0 fully saturated rings. The van der Waals surface area contributed by atoms with Crippen molar-refractivity contribution in [2.45, 2.75) is 13.5 Å². The van der Waals surface area contributed by atoms with Crippen molar-refractivity contribution in [2.24, 2.45) is 0 Å². The van der Waals surface area contributed by atoms with Crippen LogP contribution in [-0.2, 0) is 6.54 Å². The van der Waals surface area contributed by atoms with Gasteiger partial charge in [-0.3, -0.25) is 4.98 Å². The number of hydrogen-bond acceptors (Lipinski definition) is 4. The molecule has 1 N–H and O–H groups in total. The third-order valence-electron chi connectivity index (χ3n) is 2.67. The molecule has 0 aromatic carbocycles. The van der Waals surface area contributed by atoms with Gasteiger partial charge in [0.25, 0.3) is 0 Å². The first-order valence-corrected chi connectivity index (χ1v) is 6.54. The van der Waals surface area contributed by atoms with Crippen LogP contribution < -0.4 is 4.90 Å². The summed E-state index contributed by atoms with van der Waals surface area (Å²) in [5.41, 5.74) is 2.12. The number of pyridine rings is 1. The minimum absolute atomic E-state index is 0.373. The molecule has 2 rings (SSSR count). The second-order valence-corrected chi connectivity index (χ2v) is 4.76. The molecule has 0 unspecified atom stereocenters. The van der Waals surface area contributed by atoms with Crippen LogP contribution >= 0.6 is 11.3 Å². The van der Waals surface area contributed by atoms with Crippen LogP contribution in [0.2, 0.25) is 0 Å². The number of carboxylic acid groups (broad SMARTS) is 1. The zero-order valence-electron chi connectivity index (χ0n) is 10.0. The maximum Gasteiger partial charge on any atom is 0.345 e. The first-order valence-electron chi connectivity index (χ1n) is 5.66. The van der Waals surface area contributed by atoms with E-state index in [0.717, 1.165) is 24.3 Å². The van der Waals surface area contributed by atoms with Crippen LogP contribution in [0.25, 0.3) is 0 Å². The molecule has 0 bridgehead atoms. The SMILES string of the molecule is CCN(Cc1ccncc1)c1csc(C(=O)O)c1. The number of aromatic carboxylic acids is 1. The Morgan fingerprint density at radius 1 is 1.44 bits per heavy atom. The van der Waals surface area contributed by atoms with Crippen molar-refractivity contribution in [1.82, 2.24) is 4.98 Å². The normalized spacial score (nSPS) is 10.3. The van der Waals surface area contributed by atoms with E-state index in [1.54, 1.807) is 18.5 Å². The van der Waals surface area contributed by atoms with Gasteiger partial charge in [-0.15, -0.1) is 11.3 Å². The van der Waals surface area contributed by atoms with Crippen LogP contribution in [0.15, 0.2) is 36.0 Å². The zero-order chi connectivity index (χ0) is 13.0. The van der Waals surface area contributed by atoms with Crippen molar-refractivity contribution >= 4 is 23.0 Å². The maximum absolute atomic E-state index is 10.9. The molecule has 0 atom stereocenters. The highest BCUT2D eigenvalue weighted by atomic mass is 32.1. The maximum atomic E-state index is 10.9. The first kappa shape index (κ1) is 12.6. The van der Waals surface area contributed by atoms with E-state index in [2.05, 4.69) is 16.8 Å². The number of carboxylic acids is 1. The van der Waals surface area contributed by atoms with E-state index >= 15 is 0 Å². The highest BCUT2D eigenvalue weighted by molar-refractivity contribution is 7.12. The van der Waals surface area contributed by atoms with Crippen LogP contribution in [0.5, 0.6) is 0 Å². The van der Waals surface area contributed by atoms with Crippen LogP contribution in [0.4, 0.5) is 5.69 Å². The third-order valence-corrected chi connectivity index (χ3v) is 3.57. The molecule has 0 saturated heterocycles. The Kier molecular flexibility index (Phi) is 3.94. The van der Waals surface area contributed by atoms with Gasteiger partial charge in [-0.25, -0.2) is 4.79 Å². The smallest absolute Gasteiger partial charge is 0.345 e. The second-order valence-electron chi connectivity index (χ2n) is 3.84. The highest BCUT2D eigenvalue weighted by Gasteiger charge is 2.11. The lowest BCUT2D eigenvalue weighted by atomic mass is 10.2. The van der Waals surface area contributed by atoms with Crippen LogP contribution in [-0.4, -0.2) is 22.6 Å². The fraction of sp³-hybridized carbons (Fsp3) is 0.231. The number of thiophene rings is 1. The third kappa shape index (κ3) is 2.87.